The first kappa shape index (κ1) is 16.8. The van der Waals surface area contributed by atoms with Crippen molar-refractivity contribution < 1.29 is 9.90 Å². The number of aromatic amines is 1. The maximum absolute atomic E-state index is 10.1. The molecule has 0 fully saturated rings. The van der Waals surface area contributed by atoms with Gasteiger partial charge < -0.3 is 15.8 Å². The number of hydrogen-bond acceptors (Lipinski definition) is 3. The summed E-state index contributed by atoms with van der Waals surface area (Å²) < 4.78 is 0. The third kappa shape index (κ3) is 4.22. The number of nitrogens with two attached hydrogens (primary N) is 1. The molecule has 0 bridgehead atoms. The number of primary amides is 1. The van der Waals surface area contributed by atoms with Gasteiger partial charge in [-0.2, -0.15) is 0 Å². The van der Waals surface area contributed by atoms with Crippen LogP contribution < -0.4 is 5.73 Å². The number of carbonyl (C=O) groups excluding carboxylic acids is 1. The molecule has 0 spiro atoms. The van der Waals surface area contributed by atoms with Gasteiger partial charge in [-0.3, -0.25) is 9.78 Å². The highest BCUT2D eigenvalue weighted by Crippen LogP contribution is 2.28. The van der Waals surface area contributed by atoms with Crippen LogP contribution >= 0.6 is 0 Å². The van der Waals surface area contributed by atoms with Crippen LogP contribution in [0.15, 0.2) is 30.5 Å². The fraction of sp³-hybridized carbons (Fsp3) is 0.333. The molecule has 5 nitrogen and oxygen atoms in total. The Kier molecular flexibility index (Phi) is 5.57. The minimum atomic E-state index is -0.182. The Hall–Kier alpha value is -2.56. The molecule has 3 rings (SSSR count). The van der Waals surface area contributed by atoms with Gasteiger partial charge in [0.25, 0.3) is 0 Å². The molecular weight excluding hydrogens is 290 g/mol. The lowest BCUT2D eigenvalue weighted by atomic mass is 10.1. The highest BCUT2D eigenvalue weighted by molar-refractivity contribution is 6.08. The van der Waals surface area contributed by atoms with E-state index in [0.29, 0.717) is 6.42 Å². The molecule has 5 heteroatoms. The van der Waals surface area contributed by atoms with Crippen molar-refractivity contribution >= 4 is 27.7 Å². The number of amides is 1. The quantitative estimate of drug-likeness (QED) is 0.640. The van der Waals surface area contributed by atoms with Gasteiger partial charge >= 0.3 is 0 Å². The molecule has 0 saturated heterocycles. The van der Waals surface area contributed by atoms with Gasteiger partial charge in [0.1, 0.15) is 5.75 Å². The van der Waals surface area contributed by atoms with Crippen molar-refractivity contribution in [2.24, 2.45) is 5.73 Å². The maximum Gasteiger partial charge on any atom is 0.217 e. The van der Waals surface area contributed by atoms with E-state index in [0.717, 1.165) is 46.8 Å². The zero-order valence-electron chi connectivity index (χ0n) is 13.6. The van der Waals surface area contributed by atoms with Crippen LogP contribution in [0.5, 0.6) is 5.75 Å². The summed E-state index contributed by atoms with van der Waals surface area (Å²) >= 11 is 0. The van der Waals surface area contributed by atoms with Crippen molar-refractivity contribution in [1.82, 2.24) is 9.97 Å². The first-order chi connectivity index (χ1) is 11.0. The number of nitrogens with one attached hydrogen (secondary N) is 1. The molecule has 0 saturated carbocycles. The summed E-state index contributed by atoms with van der Waals surface area (Å²) in [6.45, 7) is 4.07. The minimum Gasteiger partial charge on any atom is -0.508 e. The smallest absolute Gasteiger partial charge is 0.217 e. The fourth-order valence-corrected chi connectivity index (χ4v) is 2.50. The number of phenolic OH excluding ortho intramolecular Hbond substituents is 1. The third-order valence-corrected chi connectivity index (χ3v) is 3.72. The van der Waals surface area contributed by atoms with Crippen LogP contribution in [-0.4, -0.2) is 21.0 Å². The number of carbonyl (C=O) groups is 1. The Morgan fingerprint density at radius 1 is 1.26 bits per heavy atom. The lowest BCUT2D eigenvalue weighted by Crippen LogP contribution is -2.09. The number of phenols is 1. The number of fused-ring (bicyclic) bond motifs is 3. The summed E-state index contributed by atoms with van der Waals surface area (Å²) in [5.74, 6) is 0.0955. The molecule has 3 aromatic rings. The zero-order chi connectivity index (χ0) is 16.8. The number of nitrogens with zero attached hydrogens (tertiary/aromatic N) is 1. The van der Waals surface area contributed by atoms with Crippen molar-refractivity contribution in [3.05, 3.63) is 36.2 Å². The van der Waals surface area contributed by atoms with Crippen molar-refractivity contribution in [1.29, 1.82) is 0 Å². The van der Waals surface area contributed by atoms with Gasteiger partial charge in [-0.25, -0.2) is 0 Å². The first-order valence-electron chi connectivity index (χ1n) is 7.87. The molecule has 2 aromatic heterocycles. The Labute approximate surface area is 135 Å². The summed E-state index contributed by atoms with van der Waals surface area (Å²) in [7, 11) is 0. The molecule has 0 atom stereocenters. The van der Waals surface area contributed by atoms with Crippen molar-refractivity contribution in [3.8, 4) is 5.75 Å². The molecule has 1 aromatic carbocycles. The monoisotopic (exact) mass is 313 g/mol. The highest BCUT2D eigenvalue weighted by atomic mass is 16.3. The topological polar surface area (TPSA) is 92.0 Å². The van der Waals surface area contributed by atoms with Gasteiger partial charge in [-0.1, -0.05) is 19.8 Å². The molecule has 122 valence electrons. The van der Waals surface area contributed by atoms with E-state index < -0.39 is 0 Å². The van der Waals surface area contributed by atoms with Gasteiger partial charge in [-0.15, -0.1) is 0 Å². The fourth-order valence-electron chi connectivity index (χ4n) is 2.50. The molecule has 0 aliphatic rings. The second kappa shape index (κ2) is 7.63. The summed E-state index contributed by atoms with van der Waals surface area (Å²) in [4.78, 5) is 17.6. The number of aromatic nitrogens is 2. The summed E-state index contributed by atoms with van der Waals surface area (Å²) in [5, 5.41) is 11.7. The van der Waals surface area contributed by atoms with Crippen molar-refractivity contribution in [2.45, 2.75) is 39.5 Å². The number of H-pyrrole nitrogens is 1. The maximum atomic E-state index is 10.1. The first-order valence-corrected chi connectivity index (χ1v) is 7.87. The van der Waals surface area contributed by atoms with E-state index in [4.69, 9.17) is 5.73 Å². The predicted molar refractivity (Wildman–Crippen MR) is 93.3 cm³/mol. The summed E-state index contributed by atoms with van der Waals surface area (Å²) in [6, 6.07) is 7.33. The number of rotatable bonds is 4. The molecule has 4 N–H and O–H groups in total. The van der Waals surface area contributed by atoms with E-state index in [1.165, 1.54) is 0 Å². The van der Waals surface area contributed by atoms with E-state index in [9.17, 15) is 9.90 Å². The van der Waals surface area contributed by atoms with Gasteiger partial charge in [0.2, 0.25) is 5.91 Å². The Morgan fingerprint density at radius 2 is 2.04 bits per heavy atom. The van der Waals surface area contributed by atoms with Gasteiger partial charge in [0.05, 0.1) is 16.7 Å². The second-order valence-corrected chi connectivity index (χ2v) is 5.60. The minimum absolute atomic E-state index is 0.182. The van der Waals surface area contributed by atoms with Crippen LogP contribution in [0.1, 0.15) is 38.3 Å². The average Bonchev–Trinajstić information content (AvgIpc) is 2.87. The lowest BCUT2D eigenvalue weighted by molar-refractivity contribution is -0.118. The lowest BCUT2D eigenvalue weighted by Gasteiger charge is -1.93. The van der Waals surface area contributed by atoms with Gasteiger partial charge in [-0.05, 0) is 31.5 Å². The highest BCUT2D eigenvalue weighted by Gasteiger charge is 2.06. The van der Waals surface area contributed by atoms with Crippen LogP contribution in [0.2, 0.25) is 0 Å². The third-order valence-electron chi connectivity index (χ3n) is 3.72. The van der Waals surface area contributed by atoms with Crippen LogP contribution in [0.3, 0.4) is 0 Å². The van der Waals surface area contributed by atoms with Crippen LogP contribution in [0.25, 0.3) is 21.8 Å². The number of benzene rings is 1. The molecule has 0 unspecified atom stereocenters. The molecular formula is C18H23N3O2. The van der Waals surface area contributed by atoms with E-state index in [-0.39, 0.29) is 11.7 Å². The largest absolute Gasteiger partial charge is 0.508 e. The SMILES string of the molecule is CCCCCC(N)=O.Cc1nccc2c1[nH]c1cc(O)ccc12. The van der Waals surface area contributed by atoms with E-state index in [1.807, 2.05) is 19.1 Å². The summed E-state index contributed by atoms with van der Waals surface area (Å²) in [6.07, 6.45) is 5.56. The number of aryl methyl sites for hydroxylation is 1. The zero-order valence-corrected chi connectivity index (χ0v) is 13.6. The van der Waals surface area contributed by atoms with E-state index in [2.05, 4.69) is 16.9 Å². The normalized spacial score (nSPS) is 10.5. The molecule has 1 amide bonds. The predicted octanol–water partition coefficient (Wildman–Crippen LogP) is 3.78. The molecule has 0 radical (unpaired) electrons. The van der Waals surface area contributed by atoms with E-state index in [1.54, 1.807) is 18.3 Å². The van der Waals surface area contributed by atoms with Crippen LogP contribution in [0, 0.1) is 6.92 Å². The standard InChI is InChI=1S/C12H10N2O.C6H13NO/c1-7-12-10(4-5-13-7)9-3-2-8(15)6-11(9)14-12;1-2-3-4-5-6(7)8/h2-6,14-15H,1H3;2-5H2,1H3,(H2,7,8). The Morgan fingerprint density at radius 3 is 2.74 bits per heavy atom. The second-order valence-electron chi connectivity index (χ2n) is 5.60. The van der Waals surface area contributed by atoms with Crippen LogP contribution in [0.4, 0.5) is 0 Å². The number of hydrogen-bond donors (Lipinski definition) is 3. The van der Waals surface area contributed by atoms with Crippen LogP contribution in [-0.2, 0) is 4.79 Å². The molecule has 0 aliphatic carbocycles. The summed E-state index contributed by atoms with van der Waals surface area (Å²) in [5.41, 5.74) is 7.85. The number of aromatic hydroxyl groups is 1. The van der Waals surface area contributed by atoms with Gasteiger partial charge in [0.15, 0.2) is 0 Å². The molecule has 2 heterocycles. The average molecular weight is 313 g/mol. The van der Waals surface area contributed by atoms with E-state index >= 15 is 0 Å². The number of unbranched alkanes of at least 4 members (excludes halogenated alkanes) is 2. The molecule has 23 heavy (non-hydrogen) atoms. The number of pyridine rings is 1. The van der Waals surface area contributed by atoms with Gasteiger partial charge in [0, 0.05) is 29.5 Å². The Balaban J connectivity index is 0.000000207. The molecule has 0 aliphatic heterocycles. The van der Waals surface area contributed by atoms with Crippen molar-refractivity contribution in [3.63, 3.8) is 0 Å². The Bertz CT molecular complexity index is 808. The van der Waals surface area contributed by atoms with Crippen molar-refractivity contribution in [2.75, 3.05) is 0 Å².